The summed E-state index contributed by atoms with van der Waals surface area (Å²) < 4.78 is 28.2. The van der Waals surface area contributed by atoms with Crippen molar-refractivity contribution in [2.45, 2.75) is 12.5 Å². The zero-order chi connectivity index (χ0) is 16.2. The van der Waals surface area contributed by atoms with Crippen LogP contribution in [0.3, 0.4) is 0 Å². The largest absolute Gasteiger partial charge is 0.492 e. The van der Waals surface area contributed by atoms with Gasteiger partial charge in [-0.15, -0.1) is 0 Å². The van der Waals surface area contributed by atoms with Gasteiger partial charge in [-0.05, 0) is 30.7 Å². The highest BCUT2D eigenvalue weighted by molar-refractivity contribution is 7.91. The molecule has 1 aliphatic heterocycles. The second kappa shape index (κ2) is 7.19. The highest BCUT2D eigenvalue weighted by Crippen LogP contribution is 2.15. The first-order valence-corrected chi connectivity index (χ1v) is 9.16. The first-order chi connectivity index (χ1) is 10.4. The van der Waals surface area contributed by atoms with Gasteiger partial charge in [0, 0.05) is 18.1 Å². The van der Waals surface area contributed by atoms with E-state index in [2.05, 4.69) is 5.32 Å². The van der Waals surface area contributed by atoms with Gasteiger partial charge < -0.3 is 15.0 Å². The fraction of sp³-hybridized carbons (Fsp3) is 0.500. The van der Waals surface area contributed by atoms with Crippen LogP contribution >= 0.6 is 11.6 Å². The van der Waals surface area contributed by atoms with Gasteiger partial charge in [0.05, 0.1) is 18.1 Å². The Morgan fingerprint density at radius 2 is 2.09 bits per heavy atom. The molecule has 2 amide bonds. The quantitative estimate of drug-likeness (QED) is 0.877. The monoisotopic (exact) mass is 346 g/mol. The van der Waals surface area contributed by atoms with Crippen LogP contribution in [0.15, 0.2) is 24.3 Å². The number of nitrogens with zero attached hydrogens (tertiary/aromatic N) is 1. The molecule has 1 atom stereocenters. The van der Waals surface area contributed by atoms with Crippen LogP contribution < -0.4 is 10.1 Å². The number of carbonyl (C=O) groups excluding carboxylic acids is 1. The molecule has 1 fully saturated rings. The summed E-state index contributed by atoms with van der Waals surface area (Å²) in [6.45, 7) is 0.739. The molecule has 6 nitrogen and oxygen atoms in total. The lowest BCUT2D eigenvalue weighted by Crippen LogP contribution is -2.44. The third kappa shape index (κ3) is 5.06. The van der Waals surface area contributed by atoms with Crippen LogP contribution in [0.1, 0.15) is 6.42 Å². The van der Waals surface area contributed by atoms with E-state index in [1.165, 1.54) is 4.90 Å². The normalized spacial score (nSPS) is 19.6. The maximum atomic E-state index is 11.9. The Labute approximate surface area is 135 Å². The number of halogens is 1. The van der Waals surface area contributed by atoms with Gasteiger partial charge in [0.15, 0.2) is 9.84 Å². The molecule has 8 heteroatoms. The van der Waals surface area contributed by atoms with Crippen molar-refractivity contribution >= 4 is 27.5 Å². The summed E-state index contributed by atoms with van der Waals surface area (Å²) in [6.07, 6.45) is 0.475. The molecule has 0 bridgehead atoms. The number of urea groups is 1. The van der Waals surface area contributed by atoms with Crippen LogP contribution in [0, 0.1) is 0 Å². The minimum absolute atomic E-state index is 0.0217. The number of carbonyl (C=O) groups is 1. The molecule has 122 valence electrons. The first-order valence-electron chi connectivity index (χ1n) is 6.96. The Morgan fingerprint density at radius 1 is 1.41 bits per heavy atom. The number of likely N-dealkylation sites (N-methyl/N-ethyl adjacent to an activating group) is 1. The number of hydrogen-bond acceptors (Lipinski definition) is 4. The summed E-state index contributed by atoms with van der Waals surface area (Å²) in [7, 11) is -1.35. The topological polar surface area (TPSA) is 75.7 Å². The van der Waals surface area contributed by atoms with E-state index in [4.69, 9.17) is 16.3 Å². The Kier molecular flexibility index (Phi) is 5.52. The highest BCUT2D eigenvalue weighted by Gasteiger charge is 2.29. The number of nitrogens with one attached hydrogen (secondary N) is 1. The summed E-state index contributed by atoms with van der Waals surface area (Å²) in [5.74, 6) is 0.843. The molecule has 22 heavy (non-hydrogen) atoms. The molecule has 0 aromatic heterocycles. The van der Waals surface area contributed by atoms with Gasteiger partial charge in [0.1, 0.15) is 12.4 Å². The molecule has 0 aliphatic carbocycles. The molecular weight excluding hydrogens is 328 g/mol. The van der Waals surface area contributed by atoms with E-state index in [-0.39, 0.29) is 23.6 Å². The Morgan fingerprint density at radius 3 is 2.68 bits per heavy atom. The number of benzene rings is 1. The number of amides is 2. The van der Waals surface area contributed by atoms with Crippen LogP contribution in [-0.4, -0.2) is 57.1 Å². The van der Waals surface area contributed by atoms with Gasteiger partial charge in [0.25, 0.3) is 0 Å². The average Bonchev–Trinajstić information content (AvgIpc) is 2.80. The van der Waals surface area contributed by atoms with Crippen molar-refractivity contribution < 1.29 is 17.9 Å². The maximum absolute atomic E-state index is 11.9. The van der Waals surface area contributed by atoms with Crippen molar-refractivity contribution in [2.24, 2.45) is 0 Å². The average molecular weight is 347 g/mol. The molecule has 1 aromatic carbocycles. The Hall–Kier alpha value is -1.47. The van der Waals surface area contributed by atoms with E-state index in [0.717, 1.165) is 0 Å². The van der Waals surface area contributed by atoms with E-state index < -0.39 is 9.84 Å². The van der Waals surface area contributed by atoms with Gasteiger partial charge in [-0.3, -0.25) is 0 Å². The summed E-state index contributed by atoms with van der Waals surface area (Å²) in [6, 6.07) is 6.39. The fourth-order valence-electron chi connectivity index (χ4n) is 2.13. The lowest BCUT2D eigenvalue weighted by Gasteiger charge is -2.20. The predicted molar refractivity (Wildman–Crippen MR) is 85.2 cm³/mol. The van der Waals surface area contributed by atoms with Crippen molar-refractivity contribution in [2.75, 3.05) is 31.7 Å². The maximum Gasteiger partial charge on any atom is 0.317 e. The minimum atomic E-state index is -2.99. The first kappa shape index (κ1) is 16.9. The zero-order valence-electron chi connectivity index (χ0n) is 12.3. The molecule has 0 saturated carbocycles. The Bertz CT molecular complexity index is 618. The van der Waals surface area contributed by atoms with E-state index in [9.17, 15) is 13.2 Å². The SMILES string of the molecule is CN(CCOc1ccc(Cl)cc1)C(=O)N[C@@H]1CCS(=O)(=O)C1. The summed E-state index contributed by atoms with van der Waals surface area (Å²) in [5.41, 5.74) is 0. The third-order valence-corrected chi connectivity index (χ3v) is 5.44. The van der Waals surface area contributed by atoms with Crippen LogP contribution in [0.25, 0.3) is 0 Å². The smallest absolute Gasteiger partial charge is 0.317 e. The molecular formula is C14H19ClN2O4S. The van der Waals surface area contributed by atoms with Gasteiger partial charge in [0.2, 0.25) is 0 Å². The van der Waals surface area contributed by atoms with Gasteiger partial charge >= 0.3 is 6.03 Å². The molecule has 0 unspecified atom stereocenters. The van der Waals surface area contributed by atoms with Crippen LogP contribution in [0.4, 0.5) is 4.79 Å². The van der Waals surface area contributed by atoms with Crippen molar-refractivity contribution in [1.29, 1.82) is 0 Å². The van der Waals surface area contributed by atoms with Crippen molar-refractivity contribution in [3.63, 3.8) is 0 Å². The molecule has 1 saturated heterocycles. The van der Waals surface area contributed by atoms with Crippen molar-refractivity contribution in [1.82, 2.24) is 10.2 Å². The second-order valence-corrected chi connectivity index (χ2v) is 7.94. The van der Waals surface area contributed by atoms with Crippen LogP contribution in [0.5, 0.6) is 5.75 Å². The third-order valence-electron chi connectivity index (χ3n) is 3.42. The fourth-order valence-corrected chi connectivity index (χ4v) is 3.93. The van der Waals surface area contributed by atoms with Crippen LogP contribution in [-0.2, 0) is 9.84 Å². The second-order valence-electron chi connectivity index (χ2n) is 5.27. The number of rotatable bonds is 5. The van der Waals surface area contributed by atoms with E-state index in [0.29, 0.717) is 30.3 Å². The predicted octanol–water partition coefficient (Wildman–Crippen LogP) is 1.55. The van der Waals surface area contributed by atoms with Crippen molar-refractivity contribution in [3.8, 4) is 5.75 Å². The lowest BCUT2D eigenvalue weighted by atomic mass is 10.3. The standard InChI is InChI=1S/C14H19ClN2O4S/c1-17(7-8-21-13-4-2-11(15)3-5-13)14(18)16-12-6-9-22(19,20)10-12/h2-5,12H,6-10H2,1H3,(H,16,18)/t12-/m1/s1. The number of sulfone groups is 1. The summed E-state index contributed by atoms with van der Waals surface area (Å²) >= 11 is 5.78. The molecule has 0 spiro atoms. The summed E-state index contributed by atoms with van der Waals surface area (Å²) in [4.78, 5) is 13.4. The number of hydrogen-bond donors (Lipinski definition) is 1. The molecule has 1 aromatic rings. The van der Waals surface area contributed by atoms with E-state index in [1.807, 2.05) is 0 Å². The molecule has 1 N–H and O–H groups in total. The molecule has 2 rings (SSSR count). The molecule has 1 aliphatic rings. The minimum Gasteiger partial charge on any atom is -0.492 e. The number of ether oxygens (including phenoxy) is 1. The Balaban J connectivity index is 1.71. The van der Waals surface area contributed by atoms with Crippen molar-refractivity contribution in [3.05, 3.63) is 29.3 Å². The highest BCUT2D eigenvalue weighted by atomic mass is 35.5. The summed E-state index contributed by atoms with van der Waals surface area (Å²) in [5, 5.41) is 3.36. The molecule has 0 radical (unpaired) electrons. The molecule has 1 heterocycles. The zero-order valence-corrected chi connectivity index (χ0v) is 13.9. The van der Waals surface area contributed by atoms with Crippen LogP contribution in [0.2, 0.25) is 5.02 Å². The van der Waals surface area contributed by atoms with Gasteiger partial charge in [-0.25, -0.2) is 13.2 Å². The van der Waals surface area contributed by atoms with E-state index >= 15 is 0 Å². The van der Waals surface area contributed by atoms with E-state index in [1.54, 1.807) is 31.3 Å². The lowest BCUT2D eigenvalue weighted by molar-refractivity contribution is 0.192. The van der Waals surface area contributed by atoms with Gasteiger partial charge in [-0.1, -0.05) is 11.6 Å². The van der Waals surface area contributed by atoms with Gasteiger partial charge in [-0.2, -0.15) is 0 Å².